The van der Waals surface area contributed by atoms with E-state index in [2.05, 4.69) is 10.6 Å². The van der Waals surface area contributed by atoms with Gasteiger partial charge in [-0.3, -0.25) is 9.59 Å². The monoisotopic (exact) mass is 392 g/mol. The Morgan fingerprint density at radius 3 is 2.42 bits per heavy atom. The molecule has 0 bridgehead atoms. The molecule has 1 saturated carbocycles. The van der Waals surface area contributed by atoms with Gasteiger partial charge in [-0.25, -0.2) is 0 Å². The molecule has 2 atom stereocenters. The minimum Gasteiger partial charge on any atom is -0.495 e. The van der Waals surface area contributed by atoms with E-state index >= 15 is 0 Å². The van der Waals surface area contributed by atoms with Crippen LogP contribution in [0.5, 0.6) is 5.75 Å². The van der Waals surface area contributed by atoms with Crippen molar-refractivity contribution in [2.45, 2.75) is 13.3 Å². The van der Waals surface area contributed by atoms with Gasteiger partial charge in [-0.2, -0.15) is 0 Å². The number of carbonyl (C=O) groups excluding carboxylic acids is 2. The van der Waals surface area contributed by atoms with E-state index in [0.717, 1.165) is 6.42 Å². The standard InChI is InChI=1S/C19H18Cl2N2O3/c1-10-7-13(10)19(25)23-16-8-11(3-6-17(16)26-2)18(24)22-12-4-5-14(20)15(21)9-12/h3-6,8-10,13H,7H2,1-2H3,(H,22,24)(H,23,25). The number of hydrogen-bond donors (Lipinski definition) is 2. The van der Waals surface area contributed by atoms with Crippen LogP contribution in [0.3, 0.4) is 0 Å². The van der Waals surface area contributed by atoms with Crippen LogP contribution in [0.2, 0.25) is 10.0 Å². The van der Waals surface area contributed by atoms with E-state index in [1.54, 1.807) is 36.4 Å². The van der Waals surface area contributed by atoms with E-state index in [1.807, 2.05) is 6.92 Å². The first-order chi connectivity index (χ1) is 12.4. The molecule has 2 aromatic carbocycles. The smallest absolute Gasteiger partial charge is 0.255 e. The van der Waals surface area contributed by atoms with Crippen LogP contribution in [0.15, 0.2) is 36.4 Å². The second kappa shape index (κ2) is 7.56. The van der Waals surface area contributed by atoms with Gasteiger partial charge in [0, 0.05) is 17.2 Å². The van der Waals surface area contributed by atoms with E-state index in [0.29, 0.717) is 38.7 Å². The maximum Gasteiger partial charge on any atom is 0.255 e. The number of hydrogen-bond acceptors (Lipinski definition) is 3. The Bertz CT molecular complexity index is 870. The van der Waals surface area contributed by atoms with E-state index < -0.39 is 0 Å². The molecule has 26 heavy (non-hydrogen) atoms. The van der Waals surface area contributed by atoms with Crippen LogP contribution in [-0.4, -0.2) is 18.9 Å². The lowest BCUT2D eigenvalue weighted by Crippen LogP contribution is -2.17. The highest BCUT2D eigenvalue weighted by atomic mass is 35.5. The highest BCUT2D eigenvalue weighted by Gasteiger charge is 2.39. The van der Waals surface area contributed by atoms with Crippen molar-refractivity contribution in [3.8, 4) is 5.75 Å². The molecule has 1 fully saturated rings. The van der Waals surface area contributed by atoms with Gasteiger partial charge in [0.15, 0.2) is 0 Å². The van der Waals surface area contributed by atoms with Crippen LogP contribution in [0.1, 0.15) is 23.7 Å². The average molecular weight is 393 g/mol. The molecule has 0 aliphatic heterocycles. The van der Waals surface area contributed by atoms with Gasteiger partial charge >= 0.3 is 0 Å². The maximum absolute atomic E-state index is 12.5. The summed E-state index contributed by atoms with van der Waals surface area (Å²) in [6.07, 6.45) is 0.881. The third-order valence-corrected chi connectivity index (χ3v) is 5.08. The fourth-order valence-corrected chi connectivity index (χ4v) is 2.93. The van der Waals surface area contributed by atoms with Crippen molar-refractivity contribution in [2.75, 3.05) is 17.7 Å². The number of halogens is 2. The number of benzene rings is 2. The molecule has 0 saturated heterocycles. The molecule has 136 valence electrons. The lowest BCUT2D eigenvalue weighted by molar-refractivity contribution is -0.117. The van der Waals surface area contributed by atoms with Crippen LogP contribution in [-0.2, 0) is 4.79 Å². The van der Waals surface area contributed by atoms with Gasteiger partial charge in [-0.1, -0.05) is 30.1 Å². The lowest BCUT2D eigenvalue weighted by atomic mass is 10.1. The molecule has 0 radical (unpaired) electrons. The number of rotatable bonds is 5. The van der Waals surface area contributed by atoms with Gasteiger partial charge in [0.25, 0.3) is 5.91 Å². The lowest BCUT2D eigenvalue weighted by Gasteiger charge is -2.12. The molecule has 3 rings (SSSR count). The number of anilines is 2. The Kier molecular flexibility index (Phi) is 5.39. The molecule has 5 nitrogen and oxygen atoms in total. The van der Waals surface area contributed by atoms with Gasteiger partial charge in [-0.05, 0) is 48.7 Å². The largest absolute Gasteiger partial charge is 0.495 e. The first-order valence-corrected chi connectivity index (χ1v) is 8.90. The maximum atomic E-state index is 12.5. The SMILES string of the molecule is COc1ccc(C(=O)Nc2ccc(Cl)c(Cl)c2)cc1NC(=O)C1CC1C. The Hall–Kier alpha value is -2.24. The molecular formula is C19H18Cl2N2O3. The second-order valence-electron chi connectivity index (χ2n) is 6.31. The Morgan fingerprint density at radius 1 is 1.08 bits per heavy atom. The Morgan fingerprint density at radius 2 is 1.81 bits per heavy atom. The topological polar surface area (TPSA) is 67.4 Å². The third kappa shape index (κ3) is 4.11. The van der Waals surface area contributed by atoms with E-state index in [4.69, 9.17) is 27.9 Å². The summed E-state index contributed by atoms with van der Waals surface area (Å²) in [7, 11) is 1.51. The number of ether oxygens (including phenoxy) is 1. The summed E-state index contributed by atoms with van der Waals surface area (Å²) in [6.45, 7) is 2.03. The number of methoxy groups -OCH3 is 1. The first kappa shape index (κ1) is 18.5. The predicted molar refractivity (Wildman–Crippen MR) is 103 cm³/mol. The molecule has 0 spiro atoms. The molecule has 0 heterocycles. The molecule has 1 aliphatic rings. The fourth-order valence-electron chi connectivity index (χ4n) is 2.64. The molecule has 2 unspecified atom stereocenters. The normalized spacial score (nSPS) is 18.2. The van der Waals surface area contributed by atoms with Crippen LogP contribution < -0.4 is 15.4 Å². The third-order valence-electron chi connectivity index (χ3n) is 4.34. The van der Waals surface area contributed by atoms with E-state index in [-0.39, 0.29) is 17.7 Å². The molecule has 0 aromatic heterocycles. The molecule has 1 aliphatic carbocycles. The molecule has 2 N–H and O–H groups in total. The second-order valence-corrected chi connectivity index (χ2v) is 7.12. The minimum atomic E-state index is -0.332. The van der Waals surface area contributed by atoms with Crippen molar-refractivity contribution in [1.82, 2.24) is 0 Å². The summed E-state index contributed by atoms with van der Waals surface area (Å²) >= 11 is 11.8. The quantitative estimate of drug-likeness (QED) is 0.763. The zero-order chi connectivity index (χ0) is 18.8. The number of carbonyl (C=O) groups is 2. The van der Waals surface area contributed by atoms with Crippen molar-refractivity contribution >= 4 is 46.4 Å². The summed E-state index contributed by atoms with van der Waals surface area (Å²) in [5.41, 5.74) is 1.38. The average Bonchev–Trinajstić information content (AvgIpc) is 3.35. The van der Waals surface area contributed by atoms with Crippen LogP contribution in [0.25, 0.3) is 0 Å². The van der Waals surface area contributed by atoms with Gasteiger partial charge in [-0.15, -0.1) is 0 Å². The van der Waals surface area contributed by atoms with E-state index in [9.17, 15) is 9.59 Å². The zero-order valence-corrected chi connectivity index (χ0v) is 15.8. The summed E-state index contributed by atoms with van der Waals surface area (Å²) in [6, 6.07) is 9.71. The molecule has 2 amide bonds. The highest BCUT2D eigenvalue weighted by molar-refractivity contribution is 6.42. The summed E-state index contributed by atoms with van der Waals surface area (Å²) in [5, 5.41) is 6.36. The Labute approximate surface area is 161 Å². The van der Waals surface area contributed by atoms with Crippen molar-refractivity contribution < 1.29 is 14.3 Å². The van der Waals surface area contributed by atoms with Crippen molar-refractivity contribution in [3.63, 3.8) is 0 Å². The first-order valence-electron chi connectivity index (χ1n) is 8.14. The summed E-state index contributed by atoms with van der Waals surface area (Å²) in [5.74, 6) is 0.521. The fraction of sp³-hybridized carbons (Fsp3) is 0.263. The van der Waals surface area contributed by atoms with Crippen LogP contribution >= 0.6 is 23.2 Å². The summed E-state index contributed by atoms with van der Waals surface area (Å²) < 4.78 is 5.28. The summed E-state index contributed by atoms with van der Waals surface area (Å²) in [4.78, 5) is 24.7. The molecule has 2 aromatic rings. The zero-order valence-electron chi connectivity index (χ0n) is 14.3. The van der Waals surface area contributed by atoms with Gasteiger partial charge < -0.3 is 15.4 Å². The number of amides is 2. The van der Waals surface area contributed by atoms with Gasteiger partial charge in [0.05, 0.1) is 22.8 Å². The van der Waals surface area contributed by atoms with Crippen molar-refractivity contribution in [1.29, 1.82) is 0 Å². The molecule has 7 heteroatoms. The predicted octanol–water partition coefficient (Wildman–Crippen LogP) is 4.85. The van der Waals surface area contributed by atoms with E-state index in [1.165, 1.54) is 7.11 Å². The minimum absolute atomic E-state index is 0.0217. The van der Waals surface area contributed by atoms with Crippen LogP contribution in [0, 0.1) is 11.8 Å². The van der Waals surface area contributed by atoms with Crippen LogP contribution in [0.4, 0.5) is 11.4 Å². The van der Waals surface area contributed by atoms with Crippen molar-refractivity contribution in [2.24, 2.45) is 11.8 Å². The van der Waals surface area contributed by atoms with Crippen molar-refractivity contribution in [3.05, 3.63) is 52.0 Å². The van der Waals surface area contributed by atoms with Gasteiger partial charge in [0.1, 0.15) is 5.75 Å². The molecular weight excluding hydrogens is 375 g/mol. The van der Waals surface area contributed by atoms with Gasteiger partial charge in [0.2, 0.25) is 5.91 Å². The Balaban J connectivity index is 1.78. The number of nitrogens with one attached hydrogen (secondary N) is 2. The highest BCUT2D eigenvalue weighted by Crippen LogP contribution is 2.39.